The van der Waals surface area contributed by atoms with Crippen molar-refractivity contribution in [2.45, 2.75) is 13.0 Å². The van der Waals surface area contributed by atoms with Crippen LogP contribution < -0.4 is 5.32 Å². The number of carbonyl (C=O) groups excluding carboxylic acids is 2. The molecule has 0 saturated carbocycles. The van der Waals surface area contributed by atoms with Gasteiger partial charge in [-0.1, -0.05) is 48.0 Å². The van der Waals surface area contributed by atoms with Gasteiger partial charge in [0, 0.05) is 50.0 Å². The summed E-state index contributed by atoms with van der Waals surface area (Å²) in [6.45, 7) is 7.79. The first-order chi connectivity index (χ1) is 16.0. The number of piperazine rings is 1. The van der Waals surface area contributed by atoms with Crippen molar-refractivity contribution in [1.82, 2.24) is 14.7 Å². The zero-order valence-electron chi connectivity index (χ0n) is 19.0. The number of hydrogen-bond acceptors (Lipinski definition) is 5. The summed E-state index contributed by atoms with van der Waals surface area (Å²) in [5.41, 5.74) is 2.61. The fraction of sp³-hybridized carbons (Fsp3) is 0.440. The lowest BCUT2D eigenvalue weighted by atomic mass is 10.0. The van der Waals surface area contributed by atoms with Gasteiger partial charge in [-0.15, -0.1) is 0 Å². The van der Waals surface area contributed by atoms with Crippen molar-refractivity contribution >= 4 is 29.1 Å². The Bertz CT molecular complexity index is 957. The van der Waals surface area contributed by atoms with E-state index < -0.39 is 6.04 Å². The summed E-state index contributed by atoms with van der Waals surface area (Å²) in [6.07, 6.45) is 0. The third kappa shape index (κ3) is 6.12. The molecule has 8 heteroatoms. The Kier molecular flexibility index (Phi) is 7.98. The van der Waals surface area contributed by atoms with E-state index in [4.69, 9.17) is 16.3 Å². The fourth-order valence-electron chi connectivity index (χ4n) is 4.33. The number of aryl methyl sites for hydroxylation is 1. The topological polar surface area (TPSA) is 65.1 Å². The van der Waals surface area contributed by atoms with Gasteiger partial charge in [0.05, 0.1) is 19.8 Å². The zero-order valence-corrected chi connectivity index (χ0v) is 19.8. The number of carbonyl (C=O) groups is 2. The monoisotopic (exact) mass is 470 g/mol. The van der Waals surface area contributed by atoms with E-state index in [1.54, 1.807) is 6.07 Å². The van der Waals surface area contributed by atoms with Crippen molar-refractivity contribution in [2.75, 3.05) is 64.3 Å². The van der Waals surface area contributed by atoms with Crippen LogP contribution in [0.1, 0.15) is 17.2 Å². The minimum Gasteiger partial charge on any atom is -0.378 e. The largest absolute Gasteiger partial charge is 0.378 e. The second-order valence-corrected chi connectivity index (χ2v) is 8.98. The Labute approximate surface area is 200 Å². The molecule has 1 atom stereocenters. The predicted octanol–water partition coefficient (Wildman–Crippen LogP) is 2.80. The van der Waals surface area contributed by atoms with Gasteiger partial charge >= 0.3 is 0 Å². The molecule has 7 nitrogen and oxygen atoms in total. The molecule has 0 aliphatic carbocycles. The summed E-state index contributed by atoms with van der Waals surface area (Å²) < 4.78 is 5.34. The maximum atomic E-state index is 13.4. The van der Waals surface area contributed by atoms with E-state index in [2.05, 4.69) is 15.1 Å². The van der Waals surface area contributed by atoms with E-state index >= 15 is 0 Å². The summed E-state index contributed by atoms with van der Waals surface area (Å²) in [7, 11) is 0. The van der Waals surface area contributed by atoms with Crippen LogP contribution in [0.25, 0.3) is 0 Å². The van der Waals surface area contributed by atoms with Gasteiger partial charge in [0.2, 0.25) is 11.8 Å². The maximum absolute atomic E-state index is 13.4. The summed E-state index contributed by atoms with van der Waals surface area (Å²) in [5.74, 6) is 0.0688. The van der Waals surface area contributed by atoms with Crippen molar-refractivity contribution in [3.8, 4) is 0 Å². The molecule has 2 amide bonds. The van der Waals surface area contributed by atoms with Crippen molar-refractivity contribution in [2.24, 2.45) is 0 Å². The number of nitrogens with zero attached hydrogens (tertiary/aromatic N) is 3. The van der Waals surface area contributed by atoms with Crippen molar-refractivity contribution in [3.05, 3.63) is 64.7 Å². The molecule has 1 N–H and O–H groups in total. The molecule has 0 bridgehead atoms. The van der Waals surface area contributed by atoms with Crippen LogP contribution in [0.2, 0.25) is 5.02 Å². The average molecular weight is 471 g/mol. The first kappa shape index (κ1) is 23.7. The second kappa shape index (κ2) is 11.1. The second-order valence-electron chi connectivity index (χ2n) is 8.57. The molecule has 2 aliphatic heterocycles. The van der Waals surface area contributed by atoms with Gasteiger partial charge in [-0.05, 0) is 30.2 Å². The highest BCUT2D eigenvalue weighted by Gasteiger charge is 2.31. The van der Waals surface area contributed by atoms with Gasteiger partial charge in [0.1, 0.15) is 6.04 Å². The summed E-state index contributed by atoms with van der Waals surface area (Å²) in [5, 5.41) is 3.67. The Hall–Kier alpha value is -2.45. The number of rotatable bonds is 6. The Morgan fingerprint density at radius 3 is 2.36 bits per heavy atom. The number of ether oxygens (including phenoxy) is 1. The van der Waals surface area contributed by atoms with Crippen LogP contribution in [0.15, 0.2) is 48.5 Å². The zero-order chi connectivity index (χ0) is 23.2. The number of hydrogen-bond donors (Lipinski definition) is 1. The standard InChI is InChI=1S/C25H31ClN4O3/c1-19-7-8-21(17-22(19)26)27-25(32)24(20-5-3-2-4-6-20)30-11-9-28(10-12-30)18-23(31)29-13-15-33-16-14-29/h2-8,17,24H,9-16,18H2,1H3,(H,27,32). The Morgan fingerprint density at radius 1 is 1.00 bits per heavy atom. The van der Waals surface area contributed by atoms with Crippen LogP contribution in [0.5, 0.6) is 0 Å². The number of morpholine rings is 1. The number of benzene rings is 2. The molecule has 33 heavy (non-hydrogen) atoms. The lowest BCUT2D eigenvalue weighted by molar-refractivity contribution is -0.137. The van der Waals surface area contributed by atoms with Gasteiger partial charge in [0.25, 0.3) is 0 Å². The minimum atomic E-state index is -0.414. The minimum absolute atomic E-state index is 0.0843. The first-order valence-electron chi connectivity index (χ1n) is 11.4. The molecule has 1 unspecified atom stereocenters. The molecule has 2 fully saturated rings. The fourth-order valence-corrected chi connectivity index (χ4v) is 4.51. The predicted molar refractivity (Wildman–Crippen MR) is 129 cm³/mol. The summed E-state index contributed by atoms with van der Waals surface area (Å²) in [6, 6.07) is 15.0. The number of halogens is 1. The van der Waals surface area contributed by atoms with Crippen LogP contribution in [-0.2, 0) is 14.3 Å². The number of anilines is 1. The van der Waals surface area contributed by atoms with E-state index in [0.29, 0.717) is 56.6 Å². The third-order valence-corrected chi connectivity index (χ3v) is 6.70. The smallest absolute Gasteiger partial charge is 0.246 e. The molecular formula is C25H31ClN4O3. The molecule has 2 saturated heterocycles. The highest BCUT2D eigenvalue weighted by atomic mass is 35.5. The van der Waals surface area contributed by atoms with Crippen LogP contribution in [-0.4, -0.2) is 85.5 Å². The molecule has 2 aliphatic rings. The molecule has 2 aromatic carbocycles. The van der Waals surface area contributed by atoms with Gasteiger partial charge in [-0.2, -0.15) is 0 Å². The lowest BCUT2D eigenvalue weighted by Crippen LogP contribution is -2.53. The quantitative estimate of drug-likeness (QED) is 0.703. The van der Waals surface area contributed by atoms with E-state index in [9.17, 15) is 9.59 Å². The molecule has 4 rings (SSSR count). The molecule has 2 aromatic rings. The lowest BCUT2D eigenvalue weighted by Gasteiger charge is -2.39. The highest BCUT2D eigenvalue weighted by Crippen LogP contribution is 2.26. The SMILES string of the molecule is Cc1ccc(NC(=O)C(c2ccccc2)N2CCN(CC(=O)N3CCOCC3)CC2)cc1Cl. The average Bonchev–Trinajstić information content (AvgIpc) is 2.84. The van der Waals surface area contributed by atoms with Crippen LogP contribution in [0.4, 0.5) is 5.69 Å². The molecule has 176 valence electrons. The molecule has 2 heterocycles. The normalized spacial score (nSPS) is 18.7. The number of nitrogens with one attached hydrogen (secondary N) is 1. The van der Waals surface area contributed by atoms with E-state index in [1.165, 1.54) is 0 Å². The highest BCUT2D eigenvalue weighted by molar-refractivity contribution is 6.31. The molecular weight excluding hydrogens is 440 g/mol. The first-order valence-corrected chi connectivity index (χ1v) is 11.8. The van der Waals surface area contributed by atoms with Crippen molar-refractivity contribution < 1.29 is 14.3 Å². The van der Waals surface area contributed by atoms with E-state index in [0.717, 1.165) is 24.2 Å². The van der Waals surface area contributed by atoms with E-state index in [-0.39, 0.29) is 11.8 Å². The van der Waals surface area contributed by atoms with Crippen LogP contribution >= 0.6 is 11.6 Å². The number of amides is 2. The van der Waals surface area contributed by atoms with Gasteiger partial charge in [0.15, 0.2) is 0 Å². The molecule has 0 aromatic heterocycles. The van der Waals surface area contributed by atoms with Crippen LogP contribution in [0.3, 0.4) is 0 Å². The van der Waals surface area contributed by atoms with Crippen LogP contribution in [0, 0.1) is 6.92 Å². The van der Waals surface area contributed by atoms with Crippen molar-refractivity contribution in [3.63, 3.8) is 0 Å². The van der Waals surface area contributed by atoms with Gasteiger partial charge in [-0.25, -0.2) is 0 Å². The maximum Gasteiger partial charge on any atom is 0.246 e. The summed E-state index contributed by atoms with van der Waals surface area (Å²) >= 11 is 6.25. The van der Waals surface area contributed by atoms with Gasteiger partial charge < -0.3 is 15.0 Å². The molecule has 0 spiro atoms. The van der Waals surface area contributed by atoms with Crippen molar-refractivity contribution in [1.29, 1.82) is 0 Å². The summed E-state index contributed by atoms with van der Waals surface area (Å²) in [4.78, 5) is 32.2. The van der Waals surface area contributed by atoms with Gasteiger partial charge in [-0.3, -0.25) is 19.4 Å². The Morgan fingerprint density at radius 2 is 1.70 bits per heavy atom. The molecule has 0 radical (unpaired) electrons. The Balaban J connectivity index is 1.41. The van der Waals surface area contributed by atoms with E-state index in [1.807, 2.05) is 54.3 Å². The third-order valence-electron chi connectivity index (χ3n) is 6.30.